The van der Waals surface area contributed by atoms with E-state index in [2.05, 4.69) is 33.5 Å². The molecule has 0 atom stereocenters. The predicted molar refractivity (Wildman–Crippen MR) is 70.3 cm³/mol. The molecule has 0 N–H and O–H groups in total. The number of alkyl halides is 1. The van der Waals surface area contributed by atoms with Gasteiger partial charge in [-0.15, -0.1) is 11.6 Å². The van der Waals surface area contributed by atoms with Gasteiger partial charge >= 0.3 is 0 Å². The molecule has 0 spiro atoms. The van der Waals surface area contributed by atoms with Crippen LogP contribution in [0.2, 0.25) is 0 Å². The van der Waals surface area contributed by atoms with Crippen molar-refractivity contribution in [3.63, 3.8) is 0 Å². The third-order valence-electron chi connectivity index (χ3n) is 2.74. The van der Waals surface area contributed by atoms with E-state index in [9.17, 15) is 0 Å². The Balaban J connectivity index is 2.24. The Bertz CT molecular complexity index is 492. The summed E-state index contributed by atoms with van der Waals surface area (Å²) in [5, 5.41) is 0. The molecule has 2 rings (SSSR count). The van der Waals surface area contributed by atoms with Crippen LogP contribution < -0.4 is 0 Å². The maximum atomic E-state index is 5.93. The Hall–Kier alpha value is -1.13. The van der Waals surface area contributed by atoms with Gasteiger partial charge in [-0.05, 0) is 33.1 Å². The number of imidazole rings is 1. The average molecular weight is 253 g/mol. The number of hydrogen-bond acceptors (Lipinski definition) is 3. The lowest BCUT2D eigenvalue weighted by Crippen LogP contribution is -2.15. The summed E-state index contributed by atoms with van der Waals surface area (Å²) in [6.07, 6.45) is 4.67. The van der Waals surface area contributed by atoms with Crippen molar-refractivity contribution in [2.75, 3.05) is 20.6 Å². The first-order chi connectivity index (χ1) is 8.22. The number of halogens is 1. The monoisotopic (exact) mass is 252 g/mol. The van der Waals surface area contributed by atoms with Gasteiger partial charge in [0.2, 0.25) is 0 Å². The second-order valence-electron chi connectivity index (χ2n) is 4.33. The van der Waals surface area contributed by atoms with Crippen LogP contribution in [0.25, 0.3) is 11.0 Å². The predicted octanol–water partition coefficient (Wildman–Crippen LogP) is 2.12. The summed E-state index contributed by atoms with van der Waals surface area (Å²) in [6.45, 7) is 2.01. The van der Waals surface area contributed by atoms with Gasteiger partial charge in [0.15, 0.2) is 0 Å². The van der Waals surface area contributed by atoms with Gasteiger partial charge in [0, 0.05) is 12.7 Å². The first kappa shape index (κ1) is 12.3. The molecule has 0 aromatic carbocycles. The maximum absolute atomic E-state index is 5.93. The molecule has 0 amide bonds. The highest BCUT2D eigenvalue weighted by Crippen LogP contribution is 2.16. The summed E-state index contributed by atoms with van der Waals surface area (Å²) >= 11 is 5.93. The molecule has 0 unspecified atom stereocenters. The third-order valence-corrected chi connectivity index (χ3v) is 2.98. The van der Waals surface area contributed by atoms with Gasteiger partial charge in [-0.2, -0.15) is 0 Å². The molecule has 5 heteroatoms. The average Bonchev–Trinajstić information content (AvgIpc) is 2.67. The smallest absolute Gasteiger partial charge is 0.124 e. The lowest BCUT2D eigenvalue weighted by molar-refractivity contribution is 0.386. The number of aryl methyl sites for hydroxylation is 1. The Morgan fingerprint density at radius 2 is 2.24 bits per heavy atom. The second-order valence-corrected chi connectivity index (χ2v) is 4.60. The first-order valence-corrected chi connectivity index (χ1v) is 6.25. The van der Waals surface area contributed by atoms with E-state index in [1.54, 1.807) is 12.4 Å². The molecule has 0 saturated heterocycles. The van der Waals surface area contributed by atoms with Crippen molar-refractivity contribution >= 4 is 22.6 Å². The van der Waals surface area contributed by atoms with Gasteiger partial charge in [-0.25, -0.2) is 4.98 Å². The van der Waals surface area contributed by atoms with Crippen LogP contribution in [0, 0.1) is 0 Å². The minimum atomic E-state index is 0.441. The van der Waals surface area contributed by atoms with Gasteiger partial charge in [-0.1, -0.05) is 0 Å². The highest BCUT2D eigenvalue weighted by molar-refractivity contribution is 6.16. The minimum absolute atomic E-state index is 0.441. The molecular weight excluding hydrogens is 236 g/mol. The molecule has 0 bridgehead atoms. The number of pyridine rings is 1. The van der Waals surface area contributed by atoms with Crippen molar-refractivity contribution in [1.29, 1.82) is 0 Å². The zero-order chi connectivity index (χ0) is 12.3. The van der Waals surface area contributed by atoms with Crippen molar-refractivity contribution in [3.8, 4) is 0 Å². The molecule has 0 saturated carbocycles. The van der Waals surface area contributed by atoms with Crippen LogP contribution in [0.4, 0.5) is 0 Å². The normalized spacial score (nSPS) is 11.5. The summed E-state index contributed by atoms with van der Waals surface area (Å²) in [4.78, 5) is 10.7. The standard InChI is InChI=1S/C12H17ClN4/c1-16(2)6-3-7-17-11-4-5-14-9-10(11)15-12(17)8-13/h4-5,9H,3,6-8H2,1-2H3. The Labute approximate surface area is 106 Å². The van der Waals surface area contributed by atoms with Crippen LogP contribution >= 0.6 is 11.6 Å². The Kier molecular flexibility index (Phi) is 3.97. The Morgan fingerprint density at radius 1 is 1.41 bits per heavy atom. The van der Waals surface area contributed by atoms with Gasteiger partial charge in [0.05, 0.1) is 17.6 Å². The molecule has 0 radical (unpaired) electrons. The molecule has 0 fully saturated rings. The molecule has 92 valence electrons. The molecule has 2 aromatic rings. The zero-order valence-electron chi connectivity index (χ0n) is 10.2. The molecule has 0 aliphatic rings. The topological polar surface area (TPSA) is 34.0 Å². The van der Waals surface area contributed by atoms with E-state index in [0.717, 1.165) is 36.4 Å². The van der Waals surface area contributed by atoms with Gasteiger partial charge in [0.1, 0.15) is 11.3 Å². The molecule has 2 aromatic heterocycles. The fourth-order valence-corrected chi connectivity index (χ4v) is 2.13. The third kappa shape index (κ3) is 2.76. The fourth-order valence-electron chi connectivity index (χ4n) is 1.93. The summed E-state index contributed by atoms with van der Waals surface area (Å²) in [7, 11) is 4.16. The SMILES string of the molecule is CN(C)CCCn1c(CCl)nc2cnccc21. The largest absolute Gasteiger partial charge is 0.327 e. The number of rotatable bonds is 5. The van der Waals surface area contributed by atoms with Crippen molar-refractivity contribution in [2.24, 2.45) is 0 Å². The van der Waals surface area contributed by atoms with Gasteiger partial charge in [-0.3, -0.25) is 4.98 Å². The van der Waals surface area contributed by atoms with E-state index in [1.807, 2.05) is 6.07 Å². The molecule has 4 nitrogen and oxygen atoms in total. The maximum Gasteiger partial charge on any atom is 0.124 e. The van der Waals surface area contributed by atoms with Crippen molar-refractivity contribution in [3.05, 3.63) is 24.3 Å². The van der Waals surface area contributed by atoms with E-state index >= 15 is 0 Å². The first-order valence-electron chi connectivity index (χ1n) is 5.72. The highest BCUT2D eigenvalue weighted by Gasteiger charge is 2.09. The van der Waals surface area contributed by atoms with E-state index < -0.39 is 0 Å². The molecule has 0 aliphatic carbocycles. The van der Waals surface area contributed by atoms with Crippen LogP contribution in [0.5, 0.6) is 0 Å². The van der Waals surface area contributed by atoms with E-state index in [-0.39, 0.29) is 0 Å². The molecular formula is C12H17ClN4. The summed E-state index contributed by atoms with van der Waals surface area (Å²) in [5.41, 5.74) is 2.04. The van der Waals surface area contributed by atoms with Crippen LogP contribution in [-0.4, -0.2) is 40.1 Å². The quantitative estimate of drug-likeness (QED) is 0.765. The summed E-state index contributed by atoms with van der Waals surface area (Å²) < 4.78 is 2.19. The Morgan fingerprint density at radius 3 is 2.94 bits per heavy atom. The van der Waals surface area contributed by atoms with Gasteiger partial charge in [0.25, 0.3) is 0 Å². The number of nitrogens with zero attached hydrogens (tertiary/aromatic N) is 4. The lowest BCUT2D eigenvalue weighted by atomic mass is 10.3. The van der Waals surface area contributed by atoms with Crippen LogP contribution in [-0.2, 0) is 12.4 Å². The highest BCUT2D eigenvalue weighted by atomic mass is 35.5. The second kappa shape index (κ2) is 5.47. The lowest BCUT2D eigenvalue weighted by Gasteiger charge is -2.11. The minimum Gasteiger partial charge on any atom is -0.327 e. The van der Waals surface area contributed by atoms with Crippen LogP contribution in [0.1, 0.15) is 12.2 Å². The zero-order valence-corrected chi connectivity index (χ0v) is 11.0. The molecule has 17 heavy (non-hydrogen) atoms. The number of fused-ring (bicyclic) bond motifs is 1. The summed E-state index contributed by atoms with van der Waals surface area (Å²) in [5.74, 6) is 1.37. The van der Waals surface area contributed by atoms with Crippen molar-refractivity contribution < 1.29 is 0 Å². The fraction of sp³-hybridized carbons (Fsp3) is 0.500. The summed E-state index contributed by atoms with van der Waals surface area (Å²) in [6, 6.07) is 1.99. The molecule has 2 heterocycles. The van der Waals surface area contributed by atoms with Crippen LogP contribution in [0.15, 0.2) is 18.5 Å². The van der Waals surface area contributed by atoms with Gasteiger partial charge < -0.3 is 9.47 Å². The van der Waals surface area contributed by atoms with E-state index in [4.69, 9.17) is 11.6 Å². The van der Waals surface area contributed by atoms with Crippen molar-refractivity contribution in [1.82, 2.24) is 19.4 Å². The van der Waals surface area contributed by atoms with E-state index in [1.165, 1.54) is 0 Å². The molecule has 0 aliphatic heterocycles. The van der Waals surface area contributed by atoms with Crippen molar-refractivity contribution in [2.45, 2.75) is 18.8 Å². The number of aromatic nitrogens is 3. The van der Waals surface area contributed by atoms with Crippen LogP contribution in [0.3, 0.4) is 0 Å². The van der Waals surface area contributed by atoms with E-state index in [0.29, 0.717) is 5.88 Å². The number of hydrogen-bond donors (Lipinski definition) is 0.